The second kappa shape index (κ2) is 68.8. The molecule has 9 nitrogen and oxygen atoms in total. The largest absolute Gasteiger partial charge is 0.756 e. The minimum Gasteiger partial charge on any atom is -0.756 e. The van der Waals surface area contributed by atoms with Crippen molar-refractivity contribution in [3.8, 4) is 0 Å². The van der Waals surface area contributed by atoms with Crippen molar-refractivity contribution in [1.82, 2.24) is 0 Å². The number of quaternary nitrogens is 1. The van der Waals surface area contributed by atoms with Crippen LogP contribution in [0.15, 0.2) is 72.9 Å². The maximum absolute atomic E-state index is 12.9. The highest BCUT2D eigenvalue weighted by Gasteiger charge is 2.22. The molecule has 514 valence electrons. The van der Waals surface area contributed by atoms with Gasteiger partial charge in [0.15, 0.2) is 6.10 Å². The van der Waals surface area contributed by atoms with Gasteiger partial charge in [-0.05, 0) is 83.5 Å². The van der Waals surface area contributed by atoms with E-state index in [9.17, 15) is 19.0 Å². The van der Waals surface area contributed by atoms with E-state index in [4.69, 9.17) is 18.5 Å². The van der Waals surface area contributed by atoms with Crippen molar-refractivity contribution in [2.45, 2.75) is 367 Å². The minimum atomic E-state index is -4.64. The summed E-state index contributed by atoms with van der Waals surface area (Å²) in [5, 5.41) is 0. The molecular formula is C78H144NO8P. The molecule has 88 heavy (non-hydrogen) atoms. The first-order valence-corrected chi connectivity index (χ1v) is 39.1. The number of nitrogens with zero attached hydrogens (tertiary/aromatic N) is 1. The summed E-state index contributed by atoms with van der Waals surface area (Å²) in [5.74, 6) is -0.815. The first-order valence-electron chi connectivity index (χ1n) is 37.6. The molecule has 0 heterocycles. The standard InChI is InChI=1S/C78H144NO8P/c1-6-8-10-12-14-16-18-20-22-24-26-28-30-32-34-36-38-39-41-42-44-46-48-50-52-54-56-58-60-62-64-66-68-70-77(80)84-74-76(75-86-88(82,83)85-73-72-79(3,4)5)87-78(81)71-69-67-65-63-61-59-57-55-53-51-49-47-45-43-40-37-35-33-31-29-27-25-23-21-19-17-15-13-11-9-7-2/h9,11,15,17-18,20-21,23-24,26-27,29,76H,6-8,10,12-14,16,19,22,25,28,30-75H2,1-5H3/b11-9-,17-15-,20-18-,23-21-,26-24-,29-27-. The van der Waals surface area contributed by atoms with Gasteiger partial charge in [-0.1, -0.05) is 337 Å². The SMILES string of the molecule is CC/C=C\C/C=C\C/C=C\C/C=C\CCCCCCCCCCCCCCCCCCCCC(=O)OC(COC(=O)CCCCCCCCCCCCCCCCCCCCCCC/C=C\C/C=C\CCCCCCC)COP(=O)([O-])OCC[N+](C)(C)C. The van der Waals surface area contributed by atoms with Gasteiger partial charge in [0.2, 0.25) is 0 Å². The molecule has 0 aromatic rings. The Balaban J connectivity index is 3.96. The summed E-state index contributed by atoms with van der Waals surface area (Å²) in [6.07, 6.45) is 92.9. The Kier molecular flexibility index (Phi) is 66.8. The van der Waals surface area contributed by atoms with E-state index in [-0.39, 0.29) is 32.0 Å². The van der Waals surface area contributed by atoms with E-state index < -0.39 is 26.5 Å². The van der Waals surface area contributed by atoms with E-state index in [0.29, 0.717) is 17.4 Å². The molecule has 0 N–H and O–H groups in total. The summed E-state index contributed by atoms with van der Waals surface area (Å²) in [6, 6.07) is 0. The van der Waals surface area contributed by atoms with E-state index in [0.717, 1.165) is 70.6 Å². The number of hydrogen-bond donors (Lipinski definition) is 0. The van der Waals surface area contributed by atoms with E-state index in [1.165, 1.54) is 257 Å². The van der Waals surface area contributed by atoms with Gasteiger partial charge in [0.05, 0.1) is 27.7 Å². The zero-order valence-electron chi connectivity index (χ0n) is 58.7. The number of esters is 2. The van der Waals surface area contributed by atoms with Gasteiger partial charge in [-0.25, -0.2) is 0 Å². The Hall–Kier alpha value is -2.55. The van der Waals surface area contributed by atoms with Gasteiger partial charge in [0.25, 0.3) is 7.82 Å². The Bertz CT molecular complexity index is 1710. The van der Waals surface area contributed by atoms with Gasteiger partial charge >= 0.3 is 11.9 Å². The van der Waals surface area contributed by atoms with E-state index in [1.807, 2.05) is 21.1 Å². The molecular weight excluding hydrogens is 1110 g/mol. The van der Waals surface area contributed by atoms with Crippen LogP contribution in [0.5, 0.6) is 0 Å². The summed E-state index contributed by atoms with van der Waals surface area (Å²) in [6.45, 7) is 4.18. The summed E-state index contributed by atoms with van der Waals surface area (Å²) >= 11 is 0. The summed E-state index contributed by atoms with van der Waals surface area (Å²) in [4.78, 5) is 38.1. The second-order valence-electron chi connectivity index (χ2n) is 26.6. The second-order valence-corrected chi connectivity index (χ2v) is 28.0. The van der Waals surface area contributed by atoms with Crippen molar-refractivity contribution in [1.29, 1.82) is 0 Å². The van der Waals surface area contributed by atoms with Gasteiger partial charge in [-0.3, -0.25) is 14.2 Å². The average Bonchev–Trinajstić information content (AvgIpc) is 3.68. The molecule has 0 fully saturated rings. The fraction of sp³-hybridized carbons (Fsp3) is 0.821. The number of ether oxygens (including phenoxy) is 2. The van der Waals surface area contributed by atoms with Crippen LogP contribution < -0.4 is 4.89 Å². The van der Waals surface area contributed by atoms with Crippen LogP contribution in [0.3, 0.4) is 0 Å². The number of phosphoric acid groups is 1. The van der Waals surface area contributed by atoms with Crippen molar-refractivity contribution < 1.29 is 42.1 Å². The number of carbonyl (C=O) groups excluding carboxylic acids is 2. The van der Waals surface area contributed by atoms with Gasteiger partial charge in [0, 0.05) is 12.8 Å². The van der Waals surface area contributed by atoms with Gasteiger partial charge in [-0.15, -0.1) is 0 Å². The molecule has 0 radical (unpaired) electrons. The monoisotopic (exact) mass is 1250 g/mol. The minimum absolute atomic E-state index is 0.0299. The molecule has 0 rings (SSSR count). The topological polar surface area (TPSA) is 111 Å². The average molecular weight is 1250 g/mol. The molecule has 2 unspecified atom stereocenters. The predicted octanol–water partition coefficient (Wildman–Crippen LogP) is 24.1. The smallest absolute Gasteiger partial charge is 0.306 e. The Morgan fingerprint density at radius 3 is 0.966 bits per heavy atom. The van der Waals surface area contributed by atoms with Crippen LogP contribution in [-0.4, -0.2) is 70.0 Å². The highest BCUT2D eigenvalue weighted by molar-refractivity contribution is 7.45. The van der Waals surface area contributed by atoms with Crippen LogP contribution in [0, 0.1) is 0 Å². The molecule has 0 aromatic heterocycles. The van der Waals surface area contributed by atoms with Crippen molar-refractivity contribution in [2.75, 3.05) is 47.5 Å². The molecule has 0 bridgehead atoms. The van der Waals surface area contributed by atoms with Crippen LogP contribution >= 0.6 is 7.82 Å². The maximum Gasteiger partial charge on any atom is 0.306 e. The number of hydrogen-bond acceptors (Lipinski definition) is 8. The molecule has 0 aliphatic rings. The lowest BCUT2D eigenvalue weighted by Gasteiger charge is -2.28. The van der Waals surface area contributed by atoms with Crippen LogP contribution in [0.1, 0.15) is 361 Å². The molecule has 0 amide bonds. The number of rotatable bonds is 70. The Morgan fingerprint density at radius 1 is 0.364 bits per heavy atom. The van der Waals surface area contributed by atoms with Crippen molar-refractivity contribution in [3.63, 3.8) is 0 Å². The molecule has 0 saturated carbocycles. The maximum atomic E-state index is 12.9. The molecule has 2 atom stereocenters. The fourth-order valence-corrected chi connectivity index (χ4v) is 11.7. The zero-order chi connectivity index (χ0) is 64.1. The normalized spacial score (nSPS) is 13.5. The first kappa shape index (κ1) is 85.5. The predicted molar refractivity (Wildman–Crippen MR) is 379 cm³/mol. The zero-order valence-corrected chi connectivity index (χ0v) is 59.6. The third-order valence-electron chi connectivity index (χ3n) is 16.7. The highest BCUT2D eigenvalue weighted by Crippen LogP contribution is 2.38. The highest BCUT2D eigenvalue weighted by atomic mass is 31.2. The quantitative estimate of drug-likeness (QED) is 0.0195. The number of allylic oxidation sites excluding steroid dienone is 12. The molecule has 10 heteroatoms. The van der Waals surface area contributed by atoms with Gasteiger partial charge in [0.1, 0.15) is 19.8 Å². The first-order chi connectivity index (χ1) is 43.0. The van der Waals surface area contributed by atoms with Crippen LogP contribution in [-0.2, 0) is 32.7 Å². The van der Waals surface area contributed by atoms with Crippen molar-refractivity contribution in [3.05, 3.63) is 72.9 Å². The molecule has 0 aliphatic carbocycles. The van der Waals surface area contributed by atoms with Gasteiger partial charge in [-0.2, -0.15) is 0 Å². The molecule has 0 saturated heterocycles. The third-order valence-corrected chi connectivity index (χ3v) is 17.7. The third kappa shape index (κ3) is 72.5. The lowest BCUT2D eigenvalue weighted by Crippen LogP contribution is -2.37. The van der Waals surface area contributed by atoms with Crippen LogP contribution in [0.2, 0.25) is 0 Å². The van der Waals surface area contributed by atoms with E-state index in [2.05, 4.69) is 86.8 Å². The number of unbranched alkanes of at least 4 members (excludes halogenated alkanes) is 44. The molecule has 0 aliphatic heterocycles. The van der Waals surface area contributed by atoms with Crippen LogP contribution in [0.25, 0.3) is 0 Å². The number of likely N-dealkylation sites (N-methyl/N-ethyl adjacent to an activating group) is 1. The number of phosphoric ester groups is 1. The summed E-state index contributed by atoms with van der Waals surface area (Å²) in [5.41, 5.74) is 0. The lowest BCUT2D eigenvalue weighted by atomic mass is 10.0. The van der Waals surface area contributed by atoms with Crippen molar-refractivity contribution >= 4 is 19.8 Å². The molecule has 0 aromatic carbocycles. The van der Waals surface area contributed by atoms with E-state index >= 15 is 0 Å². The van der Waals surface area contributed by atoms with Crippen molar-refractivity contribution in [2.24, 2.45) is 0 Å². The summed E-state index contributed by atoms with van der Waals surface area (Å²) in [7, 11) is 1.18. The van der Waals surface area contributed by atoms with Gasteiger partial charge < -0.3 is 27.9 Å². The van der Waals surface area contributed by atoms with Crippen LogP contribution in [0.4, 0.5) is 0 Å². The lowest BCUT2D eigenvalue weighted by molar-refractivity contribution is -0.870. The Morgan fingerprint density at radius 2 is 0.648 bits per heavy atom. The number of carbonyl (C=O) groups is 2. The molecule has 0 spiro atoms. The Labute approximate surface area is 546 Å². The fourth-order valence-electron chi connectivity index (χ4n) is 11.0. The summed E-state index contributed by atoms with van der Waals surface area (Å²) < 4.78 is 34.4. The van der Waals surface area contributed by atoms with E-state index in [1.54, 1.807) is 0 Å².